The standard InChI is InChI=1S/C18H17N3O4/c1-24-15-7-3-13(4-8-15)18(14-5-9-16(25-2)10-6-14)20-11-17(19-12-20)21(22)23/h3-12,18H,1-2H3. The molecule has 0 aliphatic carbocycles. The molecule has 0 aliphatic rings. The number of nitrogens with zero attached hydrogens (tertiary/aromatic N) is 3. The Labute approximate surface area is 144 Å². The first-order valence-corrected chi connectivity index (χ1v) is 7.58. The van der Waals surface area contributed by atoms with Crippen LogP contribution in [-0.2, 0) is 0 Å². The molecule has 0 aliphatic heterocycles. The van der Waals surface area contributed by atoms with Crippen LogP contribution in [0, 0.1) is 10.1 Å². The van der Waals surface area contributed by atoms with Gasteiger partial charge in [0.2, 0.25) is 6.33 Å². The molecule has 1 heterocycles. The molecule has 7 heteroatoms. The fourth-order valence-corrected chi connectivity index (χ4v) is 2.67. The second-order valence-corrected chi connectivity index (χ2v) is 5.39. The molecule has 0 unspecified atom stereocenters. The van der Waals surface area contributed by atoms with Crippen molar-refractivity contribution in [2.45, 2.75) is 6.04 Å². The lowest BCUT2D eigenvalue weighted by molar-refractivity contribution is -0.389. The van der Waals surface area contributed by atoms with Crippen LogP contribution in [0.1, 0.15) is 17.2 Å². The van der Waals surface area contributed by atoms with Gasteiger partial charge in [-0.25, -0.2) is 0 Å². The monoisotopic (exact) mass is 339 g/mol. The van der Waals surface area contributed by atoms with Crippen LogP contribution in [0.5, 0.6) is 11.5 Å². The number of hydrogen-bond donors (Lipinski definition) is 0. The summed E-state index contributed by atoms with van der Waals surface area (Å²) >= 11 is 0. The van der Waals surface area contributed by atoms with Crippen molar-refractivity contribution in [2.24, 2.45) is 0 Å². The van der Waals surface area contributed by atoms with Crippen molar-refractivity contribution < 1.29 is 14.4 Å². The molecule has 2 aromatic carbocycles. The van der Waals surface area contributed by atoms with Gasteiger partial charge in [-0.05, 0) is 45.3 Å². The number of rotatable bonds is 6. The van der Waals surface area contributed by atoms with Crippen LogP contribution >= 0.6 is 0 Å². The second-order valence-electron chi connectivity index (χ2n) is 5.39. The SMILES string of the molecule is COc1ccc(C(c2ccc(OC)cc2)n2cnc([N+](=O)[O-])c2)cc1. The second kappa shape index (κ2) is 7.04. The molecule has 0 radical (unpaired) electrons. The normalized spacial score (nSPS) is 10.7. The average Bonchev–Trinajstić information content (AvgIpc) is 3.13. The fourth-order valence-electron chi connectivity index (χ4n) is 2.67. The van der Waals surface area contributed by atoms with E-state index in [0.717, 1.165) is 22.6 Å². The summed E-state index contributed by atoms with van der Waals surface area (Å²) in [5.41, 5.74) is 1.91. The zero-order chi connectivity index (χ0) is 17.8. The highest BCUT2D eigenvalue weighted by Crippen LogP contribution is 2.30. The van der Waals surface area contributed by atoms with E-state index in [0.29, 0.717) is 0 Å². The summed E-state index contributed by atoms with van der Waals surface area (Å²) in [6.45, 7) is 0. The average molecular weight is 339 g/mol. The number of aromatic nitrogens is 2. The van der Waals surface area contributed by atoms with Crippen molar-refractivity contribution in [2.75, 3.05) is 14.2 Å². The number of benzene rings is 2. The summed E-state index contributed by atoms with van der Waals surface area (Å²) in [4.78, 5) is 14.3. The van der Waals surface area contributed by atoms with Crippen LogP contribution in [0.15, 0.2) is 61.1 Å². The van der Waals surface area contributed by atoms with Gasteiger partial charge in [0.15, 0.2) is 0 Å². The number of methoxy groups -OCH3 is 2. The Morgan fingerprint density at radius 1 is 0.960 bits per heavy atom. The summed E-state index contributed by atoms with van der Waals surface area (Å²) in [5.74, 6) is 1.30. The Morgan fingerprint density at radius 2 is 1.44 bits per heavy atom. The van der Waals surface area contributed by atoms with Crippen molar-refractivity contribution in [3.05, 3.63) is 82.3 Å². The van der Waals surface area contributed by atoms with E-state index in [4.69, 9.17) is 9.47 Å². The quantitative estimate of drug-likeness (QED) is 0.508. The first kappa shape index (κ1) is 16.5. The first-order chi connectivity index (χ1) is 12.1. The van der Waals surface area contributed by atoms with Gasteiger partial charge in [-0.2, -0.15) is 0 Å². The fraction of sp³-hybridized carbons (Fsp3) is 0.167. The number of hydrogen-bond acceptors (Lipinski definition) is 5. The number of imidazole rings is 1. The maximum atomic E-state index is 11.0. The summed E-state index contributed by atoms with van der Waals surface area (Å²) in [6, 6.07) is 14.9. The topological polar surface area (TPSA) is 79.4 Å². The molecule has 0 bridgehead atoms. The van der Waals surface area contributed by atoms with E-state index in [1.165, 1.54) is 12.5 Å². The van der Waals surface area contributed by atoms with Crippen molar-refractivity contribution in [3.63, 3.8) is 0 Å². The first-order valence-electron chi connectivity index (χ1n) is 7.58. The predicted molar refractivity (Wildman–Crippen MR) is 92.1 cm³/mol. The maximum Gasteiger partial charge on any atom is 0.381 e. The minimum absolute atomic E-state index is 0.188. The highest BCUT2D eigenvalue weighted by Gasteiger charge is 2.21. The Bertz CT molecular complexity index is 809. The molecular formula is C18H17N3O4. The highest BCUT2D eigenvalue weighted by atomic mass is 16.6. The molecule has 0 saturated heterocycles. The minimum Gasteiger partial charge on any atom is -0.497 e. The van der Waals surface area contributed by atoms with E-state index in [2.05, 4.69) is 4.98 Å². The molecule has 3 rings (SSSR count). The van der Waals surface area contributed by atoms with Gasteiger partial charge in [-0.15, -0.1) is 0 Å². The van der Waals surface area contributed by atoms with Crippen molar-refractivity contribution in [1.82, 2.24) is 9.55 Å². The van der Waals surface area contributed by atoms with Crippen LogP contribution in [0.25, 0.3) is 0 Å². The highest BCUT2D eigenvalue weighted by molar-refractivity contribution is 5.39. The molecule has 0 spiro atoms. The lowest BCUT2D eigenvalue weighted by Crippen LogP contribution is -2.10. The third kappa shape index (κ3) is 3.45. The van der Waals surface area contributed by atoms with E-state index < -0.39 is 4.92 Å². The number of ether oxygens (including phenoxy) is 2. The van der Waals surface area contributed by atoms with Crippen LogP contribution in [-0.4, -0.2) is 28.7 Å². The van der Waals surface area contributed by atoms with Gasteiger partial charge < -0.3 is 19.6 Å². The molecule has 7 nitrogen and oxygen atoms in total. The molecule has 0 fully saturated rings. The largest absolute Gasteiger partial charge is 0.497 e. The summed E-state index contributed by atoms with van der Waals surface area (Å²) in [6.07, 6.45) is 2.90. The summed E-state index contributed by atoms with van der Waals surface area (Å²) < 4.78 is 12.1. The van der Waals surface area contributed by atoms with Crippen LogP contribution in [0.3, 0.4) is 0 Å². The maximum absolute atomic E-state index is 11.0. The molecule has 0 amide bonds. The molecule has 0 N–H and O–H groups in total. The van der Waals surface area contributed by atoms with Gasteiger partial charge in [0, 0.05) is 0 Å². The van der Waals surface area contributed by atoms with Crippen molar-refractivity contribution in [3.8, 4) is 11.5 Å². The lowest BCUT2D eigenvalue weighted by Gasteiger charge is -2.19. The van der Waals surface area contributed by atoms with Crippen molar-refractivity contribution >= 4 is 5.82 Å². The van der Waals surface area contributed by atoms with Gasteiger partial charge in [0.05, 0.1) is 20.3 Å². The molecule has 0 saturated carbocycles. The molecule has 25 heavy (non-hydrogen) atoms. The Balaban J connectivity index is 2.06. The van der Waals surface area contributed by atoms with E-state index in [1.807, 2.05) is 48.5 Å². The smallest absolute Gasteiger partial charge is 0.381 e. The molecule has 3 aromatic rings. The third-order valence-corrected chi connectivity index (χ3v) is 3.94. The van der Waals surface area contributed by atoms with Crippen LogP contribution in [0.4, 0.5) is 5.82 Å². The van der Waals surface area contributed by atoms with E-state index in [9.17, 15) is 10.1 Å². The van der Waals surface area contributed by atoms with Gasteiger partial charge in [0.1, 0.15) is 17.7 Å². The third-order valence-electron chi connectivity index (χ3n) is 3.94. The van der Waals surface area contributed by atoms with Gasteiger partial charge in [-0.1, -0.05) is 24.3 Å². The zero-order valence-electron chi connectivity index (χ0n) is 13.8. The predicted octanol–water partition coefficient (Wildman–Crippen LogP) is 3.45. The van der Waals surface area contributed by atoms with E-state index in [-0.39, 0.29) is 11.9 Å². The van der Waals surface area contributed by atoms with E-state index in [1.54, 1.807) is 18.8 Å². The molecule has 128 valence electrons. The van der Waals surface area contributed by atoms with Gasteiger partial charge >= 0.3 is 5.82 Å². The Morgan fingerprint density at radius 3 is 1.80 bits per heavy atom. The van der Waals surface area contributed by atoms with Gasteiger partial charge in [0.25, 0.3) is 0 Å². The van der Waals surface area contributed by atoms with Crippen LogP contribution < -0.4 is 9.47 Å². The Kier molecular flexibility index (Phi) is 4.65. The molecule has 0 atom stereocenters. The summed E-state index contributed by atoms with van der Waals surface area (Å²) in [5, 5.41) is 11.0. The lowest BCUT2D eigenvalue weighted by atomic mass is 9.98. The summed E-state index contributed by atoms with van der Waals surface area (Å²) in [7, 11) is 3.21. The minimum atomic E-state index is -0.504. The van der Waals surface area contributed by atoms with Gasteiger partial charge in [-0.3, -0.25) is 4.57 Å². The molecular weight excluding hydrogens is 322 g/mol. The Hall–Kier alpha value is -3.35. The zero-order valence-corrected chi connectivity index (χ0v) is 13.8. The molecule has 1 aromatic heterocycles. The van der Waals surface area contributed by atoms with Crippen LogP contribution in [0.2, 0.25) is 0 Å². The number of nitro groups is 1. The van der Waals surface area contributed by atoms with Crippen molar-refractivity contribution in [1.29, 1.82) is 0 Å². The van der Waals surface area contributed by atoms with E-state index >= 15 is 0 Å².